The highest BCUT2D eigenvalue weighted by atomic mass is 32.2. The van der Waals surface area contributed by atoms with E-state index < -0.39 is 43.4 Å². The van der Waals surface area contributed by atoms with Gasteiger partial charge >= 0.3 is 6.18 Å². The van der Waals surface area contributed by atoms with Gasteiger partial charge in [0.15, 0.2) is 15.4 Å². The Labute approximate surface area is 231 Å². The minimum absolute atomic E-state index is 0.00292. The number of benzene rings is 2. The van der Waals surface area contributed by atoms with Crippen molar-refractivity contribution in [1.29, 1.82) is 0 Å². The number of sulfonamides is 1. The van der Waals surface area contributed by atoms with Crippen molar-refractivity contribution in [2.45, 2.75) is 36.1 Å². The molecule has 210 valence electrons. The Morgan fingerprint density at radius 2 is 1.64 bits per heavy atom. The summed E-state index contributed by atoms with van der Waals surface area (Å²) in [6.45, 7) is 0.565. The fraction of sp³-hybridized carbons (Fsp3) is 0.346. The lowest BCUT2D eigenvalue weighted by Crippen LogP contribution is -2.57. The number of thiocarbonyl (C=S) groups is 1. The molecule has 2 aromatic rings. The van der Waals surface area contributed by atoms with E-state index in [1.165, 1.54) is 34.6 Å². The smallest absolute Gasteiger partial charge is 0.376 e. The predicted molar refractivity (Wildman–Crippen MR) is 147 cm³/mol. The number of allylic oxidation sites excluding steroid dienone is 4. The summed E-state index contributed by atoms with van der Waals surface area (Å²) < 4.78 is 94.6. The average Bonchev–Trinajstić information content (AvgIpc) is 2.88. The maximum atomic E-state index is 13.5. The van der Waals surface area contributed by atoms with Crippen LogP contribution in [0.1, 0.15) is 18.9 Å². The zero-order valence-corrected chi connectivity index (χ0v) is 23.3. The highest BCUT2D eigenvalue weighted by Crippen LogP contribution is 2.39. The summed E-state index contributed by atoms with van der Waals surface area (Å²) in [6.07, 6.45) is 0.182. The van der Waals surface area contributed by atoms with Crippen molar-refractivity contribution >= 4 is 42.6 Å². The summed E-state index contributed by atoms with van der Waals surface area (Å²) >= 11 is 5.26. The molecule has 0 bridgehead atoms. The molecule has 39 heavy (non-hydrogen) atoms. The quantitative estimate of drug-likeness (QED) is 0.481. The van der Waals surface area contributed by atoms with Gasteiger partial charge in [-0.25, -0.2) is 16.8 Å². The third-order valence-electron chi connectivity index (χ3n) is 6.85. The predicted octanol–water partition coefficient (Wildman–Crippen LogP) is 3.96. The Balaban J connectivity index is 1.68. The van der Waals surface area contributed by atoms with E-state index in [4.69, 9.17) is 12.2 Å². The summed E-state index contributed by atoms with van der Waals surface area (Å²) in [7, 11) is -7.87. The zero-order chi connectivity index (χ0) is 28.6. The number of rotatable bonds is 7. The average molecular weight is 601 g/mol. The van der Waals surface area contributed by atoms with Gasteiger partial charge < -0.3 is 10.0 Å². The highest BCUT2D eigenvalue weighted by molar-refractivity contribution is 7.96. The molecule has 0 spiro atoms. The van der Waals surface area contributed by atoms with Crippen LogP contribution in [0.2, 0.25) is 0 Å². The largest absolute Gasteiger partial charge is 0.421 e. The molecule has 0 radical (unpaired) electrons. The normalized spacial score (nSPS) is 20.9. The molecule has 7 nitrogen and oxygen atoms in total. The van der Waals surface area contributed by atoms with E-state index >= 15 is 0 Å². The number of alkyl halides is 3. The maximum absolute atomic E-state index is 13.5. The summed E-state index contributed by atoms with van der Waals surface area (Å²) in [5.41, 5.74) is -3.05. The van der Waals surface area contributed by atoms with E-state index in [1.807, 2.05) is 0 Å². The van der Waals surface area contributed by atoms with Crippen LogP contribution in [-0.4, -0.2) is 68.7 Å². The van der Waals surface area contributed by atoms with Gasteiger partial charge in [-0.1, -0.05) is 54.7 Å². The summed E-state index contributed by atoms with van der Waals surface area (Å²) in [5.74, 6) is -0.436. The first kappa shape index (κ1) is 29.4. The van der Waals surface area contributed by atoms with E-state index in [2.05, 4.69) is 0 Å². The Hall–Kier alpha value is -2.58. The second-order valence-corrected chi connectivity index (χ2v) is 13.9. The van der Waals surface area contributed by atoms with Crippen molar-refractivity contribution in [3.8, 4) is 0 Å². The van der Waals surface area contributed by atoms with Crippen molar-refractivity contribution in [2.24, 2.45) is 0 Å². The standard InChI is InChI=1S/C26H27F3N2O5S3/c1-25(32,26(27,28)29)19-11-13-20(14-12-19)31-16-15-30(39(35,36)24-10-6-5-9-23(24)37)17-21(31)18-38(33,34)22-7-3-2-4-8-22/h2-8,10-14,21,32H,9,15-18H2,1H3/t21-,25-/m1/s1. The van der Waals surface area contributed by atoms with Gasteiger partial charge in [-0.2, -0.15) is 17.5 Å². The molecule has 2 atom stereocenters. The molecule has 1 heterocycles. The van der Waals surface area contributed by atoms with Gasteiger partial charge in [0.2, 0.25) is 10.0 Å². The monoisotopic (exact) mass is 600 g/mol. The first-order chi connectivity index (χ1) is 18.1. The topological polar surface area (TPSA) is 95.0 Å². The lowest BCUT2D eigenvalue weighted by atomic mass is 9.95. The van der Waals surface area contributed by atoms with Gasteiger partial charge in [-0.3, -0.25) is 0 Å². The fourth-order valence-corrected chi connectivity index (χ4v) is 8.17. The third kappa shape index (κ3) is 5.97. The second kappa shape index (κ2) is 10.8. The molecule has 4 rings (SSSR count). The number of aliphatic hydroxyl groups is 1. The molecule has 1 aliphatic carbocycles. The number of piperazine rings is 1. The molecule has 1 aliphatic heterocycles. The van der Waals surface area contributed by atoms with Crippen LogP contribution in [0.4, 0.5) is 18.9 Å². The molecule has 2 aromatic carbocycles. The molecule has 1 N–H and O–H groups in total. The van der Waals surface area contributed by atoms with Crippen LogP contribution >= 0.6 is 12.2 Å². The number of hydrogen-bond acceptors (Lipinski definition) is 7. The molecule has 1 saturated heterocycles. The first-order valence-electron chi connectivity index (χ1n) is 12.0. The molecular weight excluding hydrogens is 573 g/mol. The fourth-order valence-electron chi connectivity index (χ4n) is 4.54. The molecule has 0 aromatic heterocycles. The van der Waals surface area contributed by atoms with Crippen molar-refractivity contribution in [1.82, 2.24) is 4.31 Å². The summed E-state index contributed by atoms with van der Waals surface area (Å²) in [5, 5.41) is 10.0. The first-order valence-corrected chi connectivity index (χ1v) is 15.5. The van der Waals surface area contributed by atoms with E-state index in [-0.39, 0.29) is 39.9 Å². The van der Waals surface area contributed by atoms with Gasteiger partial charge in [0.05, 0.1) is 21.6 Å². The number of hydrogen-bond donors (Lipinski definition) is 1. The molecule has 1 fully saturated rings. The van der Waals surface area contributed by atoms with E-state index in [1.54, 1.807) is 35.3 Å². The lowest BCUT2D eigenvalue weighted by molar-refractivity contribution is -0.258. The van der Waals surface area contributed by atoms with Crippen LogP contribution in [-0.2, 0) is 25.5 Å². The second-order valence-electron chi connectivity index (χ2n) is 9.51. The van der Waals surface area contributed by atoms with Crippen LogP contribution in [0.25, 0.3) is 0 Å². The summed E-state index contributed by atoms with van der Waals surface area (Å²) in [4.78, 5) is 2.01. The van der Waals surface area contributed by atoms with Crippen LogP contribution in [0.5, 0.6) is 0 Å². The Morgan fingerprint density at radius 3 is 2.23 bits per heavy atom. The van der Waals surface area contributed by atoms with Crippen molar-refractivity contribution in [3.05, 3.63) is 83.3 Å². The molecule has 13 heteroatoms. The van der Waals surface area contributed by atoms with Crippen molar-refractivity contribution in [3.63, 3.8) is 0 Å². The van der Waals surface area contributed by atoms with Crippen molar-refractivity contribution < 1.29 is 35.1 Å². The minimum Gasteiger partial charge on any atom is -0.376 e. The highest BCUT2D eigenvalue weighted by Gasteiger charge is 2.51. The van der Waals surface area contributed by atoms with E-state index in [0.717, 1.165) is 12.1 Å². The molecular formula is C26H27F3N2O5S3. The van der Waals surface area contributed by atoms with Crippen LogP contribution in [0, 0.1) is 0 Å². The van der Waals surface area contributed by atoms with Crippen LogP contribution < -0.4 is 4.90 Å². The number of anilines is 1. The molecule has 0 unspecified atom stereocenters. The minimum atomic E-state index is -4.90. The number of sulfone groups is 1. The number of nitrogens with zero attached hydrogens (tertiary/aromatic N) is 2. The molecule has 2 aliphatic rings. The third-order valence-corrected chi connectivity index (χ3v) is 11.1. The van der Waals surface area contributed by atoms with Gasteiger partial charge in [-0.15, -0.1) is 0 Å². The van der Waals surface area contributed by atoms with Crippen molar-refractivity contribution in [2.75, 3.05) is 30.3 Å². The van der Waals surface area contributed by atoms with Crippen LogP contribution in [0.3, 0.4) is 0 Å². The van der Waals surface area contributed by atoms with Gasteiger partial charge in [0.25, 0.3) is 0 Å². The summed E-state index contributed by atoms with van der Waals surface area (Å²) in [6, 6.07) is 11.9. The van der Waals surface area contributed by atoms with E-state index in [9.17, 15) is 35.1 Å². The molecule has 0 saturated carbocycles. The maximum Gasteiger partial charge on any atom is 0.421 e. The van der Waals surface area contributed by atoms with E-state index in [0.29, 0.717) is 19.0 Å². The van der Waals surface area contributed by atoms with Gasteiger partial charge in [0, 0.05) is 36.6 Å². The van der Waals surface area contributed by atoms with Gasteiger partial charge in [-0.05, 0) is 42.8 Å². The molecule has 0 amide bonds. The van der Waals surface area contributed by atoms with Gasteiger partial charge in [0.1, 0.15) is 0 Å². The number of halogens is 3. The zero-order valence-electron chi connectivity index (χ0n) is 20.9. The Bertz CT molecular complexity index is 1500. The Kier molecular flexibility index (Phi) is 8.12. The Morgan fingerprint density at radius 1 is 1.00 bits per heavy atom. The van der Waals surface area contributed by atoms with Crippen LogP contribution in [0.15, 0.2) is 82.6 Å². The lowest BCUT2D eigenvalue weighted by Gasteiger charge is -2.42. The SMILES string of the molecule is C[C@@](O)(c1ccc(N2CCN(S(=O)(=O)C3=CC=CCC3=S)C[C@@H]2CS(=O)(=O)c2ccccc2)cc1)C(F)(F)F.